The third kappa shape index (κ3) is 5.95. The van der Waals surface area contributed by atoms with Crippen molar-refractivity contribution in [2.24, 2.45) is 0 Å². The van der Waals surface area contributed by atoms with Crippen LogP contribution in [-0.2, 0) is 16.4 Å². The molecule has 0 aliphatic heterocycles. The van der Waals surface area contributed by atoms with E-state index in [0.717, 1.165) is 16.1 Å². The van der Waals surface area contributed by atoms with Crippen LogP contribution < -0.4 is 14.9 Å². The zero-order valence-electron chi connectivity index (χ0n) is 17.9. The highest BCUT2D eigenvalue weighted by Crippen LogP contribution is 2.19. The Balaban J connectivity index is 1.66. The molecule has 0 spiro atoms. The second-order valence-corrected chi connectivity index (χ2v) is 9.28. The molecule has 3 aromatic carbocycles. The van der Waals surface area contributed by atoms with E-state index in [1.807, 2.05) is 30.3 Å². The van der Waals surface area contributed by atoms with Gasteiger partial charge in [0.15, 0.2) is 0 Å². The third-order valence-electron chi connectivity index (χ3n) is 4.95. The predicted octanol–water partition coefficient (Wildman–Crippen LogP) is 3.31. The summed E-state index contributed by atoms with van der Waals surface area (Å²) in [4.78, 5) is 25.4. The van der Waals surface area contributed by atoms with Crippen LogP contribution in [0.4, 0.5) is 11.4 Å². The molecule has 8 heteroatoms. The number of hydrogen-bond acceptors (Lipinski definition) is 4. The topological polar surface area (TPSA) is 95.6 Å². The van der Waals surface area contributed by atoms with E-state index in [0.29, 0.717) is 35.5 Å². The molecule has 3 aromatic rings. The van der Waals surface area contributed by atoms with E-state index in [4.69, 9.17) is 0 Å². The fourth-order valence-electron chi connectivity index (χ4n) is 3.06. The summed E-state index contributed by atoms with van der Waals surface area (Å²) in [6, 6.07) is 22.8. The molecule has 0 aliphatic carbocycles. The Morgan fingerprint density at radius 2 is 1.47 bits per heavy atom. The van der Waals surface area contributed by atoms with Gasteiger partial charge in [0.1, 0.15) is 0 Å². The summed E-state index contributed by atoms with van der Waals surface area (Å²) in [5.41, 5.74) is 2.67. The second kappa shape index (κ2) is 10.1. The van der Waals surface area contributed by atoms with Gasteiger partial charge in [-0.3, -0.25) is 13.9 Å². The summed E-state index contributed by atoms with van der Waals surface area (Å²) in [5, 5.41) is 5.65. The van der Waals surface area contributed by atoms with Gasteiger partial charge in [-0.15, -0.1) is 0 Å². The van der Waals surface area contributed by atoms with Gasteiger partial charge in [0.05, 0.1) is 23.2 Å². The normalized spacial score (nSPS) is 10.9. The number of amides is 2. The molecule has 0 aliphatic rings. The molecule has 0 saturated carbocycles. The van der Waals surface area contributed by atoms with Crippen molar-refractivity contribution in [3.05, 3.63) is 95.6 Å². The van der Waals surface area contributed by atoms with E-state index in [1.165, 1.54) is 19.2 Å². The Labute approximate surface area is 188 Å². The molecule has 0 saturated heterocycles. The molecule has 0 radical (unpaired) electrons. The Kier molecular flexibility index (Phi) is 7.27. The summed E-state index contributed by atoms with van der Waals surface area (Å²) in [6.45, 7) is 0.473. The molecule has 166 valence electrons. The van der Waals surface area contributed by atoms with E-state index in [-0.39, 0.29) is 5.91 Å². The lowest BCUT2D eigenvalue weighted by atomic mass is 10.1. The summed E-state index contributed by atoms with van der Waals surface area (Å²) >= 11 is 0. The summed E-state index contributed by atoms with van der Waals surface area (Å²) in [6.07, 6.45) is 1.81. The van der Waals surface area contributed by atoms with Crippen LogP contribution in [0.5, 0.6) is 0 Å². The van der Waals surface area contributed by atoms with E-state index in [1.54, 1.807) is 36.4 Å². The molecule has 3 rings (SSSR count). The number of hydrogen-bond donors (Lipinski definition) is 2. The smallest absolute Gasteiger partial charge is 0.255 e. The van der Waals surface area contributed by atoms with Crippen molar-refractivity contribution in [1.82, 2.24) is 5.32 Å². The van der Waals surface area contributed by atoms with Crippen LogP contribution in [0.1, 0.15) is 26.3 Å². The van der Waals surface area contributed by atoms with Gasteiger partial charge in [0.2, 0.25) is 10.0 Å². The number of carbonyl (C=O) groups excluding carboxylic acids is 2. The molecule has 0 bridgehead atoms. The first-order chi connectivity index (χ1) is 15.3. The Morgan fingerprint density at radius 3 is 2.12 bits per heavy atom. The quantitative estimate of drug-likeness (QED) is 0.549. The fraction of sp³-hybridized carbons (Fsp3) is 0.167. The zero-order chi connectivity index (χ0) is 23.1. The number of rotatable bonds is 8. The third-order valence-corrected chi connectivity index (χ3v) is 6.16. The largest absolute Gasteiger partial charge is 0.352 e. The van der Waals surface area contributed by atoms with Crippen molar-refractivity contribution in [1.29, 1.82) is 0 Å². The van der Waals surface area contributed by atoms with Crippen molar-refractivity contribution < 1.29 is 18.0 Å². The van der Waals surface area contributed by atoms with E-state index < -0.39 is 15.9 Å². The molecule has 0 unspecified atom stereocenters. The van der Waals surface area contributed by atoms with Crippen LogP contribution in [0.15, 0.2) is 78.9 Å². The van der Waals surface area contributed by atoms with Crippen molar-refractivity contribution in [3.63, 3.8) is 0 Å². The first kappa shape index (κ1) is 23.0. The highest BCUT2D eigenvalue weighted by atomic mass is 32.2. The number of benzene rings is 3. The van der Waals surface area contributed by atoms with Gasteiger partial charge in [-0.2, -0.15) is 0 Å². The van der Waals surface area contributed by atoms with Gasteiger partial charge in [-0.05, 0) is 48.4 Å². The van der Waals surface area contributed by atoms with Crippen molar-refractivity contribution >= 4 is 33.2 Å². The maximum Gasteiger partial charge on any atom is 0.255 e. The number of nitrogens with zero attached hydrogens (tertiary/aromatic N) is 1. The average Bonchev–Trinajstić information content (AvgIpc) is 2.79. The van der Waals surface area contributed by atoms with Crippen molar-refractivity contribution in [2.45, 2.75) is 6.42 Å². The first-order valence-electron chi connectivity index (χ1n) is 10.0. The highest BCUT2D eigenvalue weighted by Gasteiger charge is 2.15. The molecular weight excluding hydrogens is 426 g/mol. The standard InChI is InChI=1S/C24H25N3O4S/c1-27(32(2,30)31)20-14-12-19(13-15-20)23(28)26-22-11-7-6-10-21(22)24(29)25-17-16-18-8-4-3-5-9-18/h3-15H,16-17H2,1-2H3,(H,25,29)(H,26,28). The van der Waals surface area contributed by atoms with E-state index in [2.05, 4.69) is 10.6 Å². The number of anilines is 2. The zero-order valence-corrected chi connectivity index (χ0v) is 18.7. The molecule has 32 heavy (non-hydrogen) atoms. The lowest BCUT2D eigenvalue weighted by molar-refractivity contribution is 0.0955. The molecule has 0 atom stereocenters. The van der Waals surface area contributed by atoms with E-state index >= 15 is 0 Å². The van der Waals surface area contributed by atoms with Gasteiger partial charge in [-0.25, -0.2) is 8.42 Å². The maximum absolute atomic E-state index is 12.7. The molecule has 7 nitrogen and oxygen atoms in total. The van der Waals surface area contributed by atoms with Gasteiger partial charge >= 0.3 is 0 Å². The number of carbonyl (C=O) groups is 2. The average molecular weight is 452 g/mol. The van der Waals surface area contributed by atoms with Crippen LogP contribution >= 0.6 is 0 Å². The minimum atomic E-state index is -3.39. The monoisotopic (exact) mass is 451 g/mol. The second-order valence-electron chi connectivity index (χ2n) is 7.27. The Hall–Kier alpha value is -3.65. The van der Waals surface area contributed by atoms with Crippen LogP contribution in [0.2, 0.25) is 0 Å². The molecule has 0 heterocycles. The number of para-hydroxylation sites is 1. The summed E-state index contributed by atoms with van der Waals surface area (Å²) < 4.78 is 24.4. The lowest BCUT2D eigenvalue weighted by Gasteiger charge is -2.17. The Bertz CT molecular complexity index is 1190. The predicted molar refractivity (Wildman–Crippen MR) is 127 cm³/mol. The van der Waals surface area contributed by atoms with Crippen molar-refractivity contribution in [3.8, 4) is 0 Å². The van der Waals surface area contributed by atoms with E-state index in [9.17, 15) is 18.0 Å². The molecule has 2 N–H and O–H groups in total. The van der Waals surface area contributed by atoms with Crippen LogP contribution in [0.25, 0.3) is 0 Å². The van der Waals surface area contributed by atoms with Crippen molar-refractivity contribution in [2.75, 3.05) is 29.5 Å². The molecule has 2 amide bonds. The fourth-order valence-corrected chi connectivity index (χ4v) is 3.56. The molecule has 0 fully saturated rings. The van der Waals surface area contributed by atoms with Crippen LogP contribution in [0, 0.1) is 0 Å². The minimum absolute atomic E-state index is 0.276. The maximum atomic E-state index is 12.7. The van der Waals surface area contributed by atoms with Gasteiger partial charge in [0, 0.05) is 19.2 Å². The highest BCUT2D eigenvalue weighted by molar-refractivity contribution is 7.92. The van der Waals surface area contributed by atoms with Gasteiger partial charge in [0.25, 0.3) is 11.8 Å². The number of sulfonamides is 1. The first-order valence-corrected chi connectivity index (χ1v) is 11.9. The molecular formula is C24H25N3O4S. The molecule has 0 aromatic heterocycles. The number of nitrogens with one attached hydrogen (secondary N) is 2. The van der Waals surface area contributed by atoms with Gasteiger partial charge < -0.3 is 10.6 Å². The van der Waals surface area contributed by atoms with Crippen LogP contribution in [0.3, 0.4) is 0 Å². The SMILES string of the molecule is CN(c1ccc(C(=O)Nc2ccccc2C(=O)NCCc2ccccc2)cc1)S(C)(=O)=O. The van der Waals surface area contributed by atoms with Crippen LogP contribution in [-0.4, -0.2) is 40.1 Å². The Morgan fingerprint density at radius 1 is 0.844 bits per heavy atom. The van der Waals surface area contributed by atoms with Gasteiger partial charge in [-0.1, -0.05) is 42.5 Å². The summed E-state index contributed by atoms with van der Waals surface area (Å²) in [5.74, 6) is -0.676. The minimum Gasteiger partial charge on any atom is -0.352 e. The lowest BCUT2D eigenvalue weighted by Crippen LogP contribution is -2.27. The summed E-state index contributed by atoms with van der Waals surface area (Å²) in [7, 11) is -1.95.